The molecule has 2 rings (SSSR count). The van der Waals surface area contributed by atoms with Crippen LogP contribution >= 0.6 is 11.3 Å². The van der Waals surface area contributed by atoms with Gasteiger partial charge in [-0.3, -0.25) is 4.79 Å². The molecule has 4 heteroatoms. The Balaban J connectivity index is 2.46. The van der Waals surface area contributed by atoms with E-state index in [0.29, 0.717) is 6.42 Å². The third-order valence-electron chi connectivity index (χ3n) is 3.61. The Bertz CT molecular complexity index is 563. The van der Waals surface area contributed by atoms with Gasteiger partial charge in [-0.15, -0.1) is 0 Å². The highest BCUT2D eigenvalue weighted by atomic mass is 32.1. The van der Waals surface area contributed by atoms with Gasteiger partial charge in [0.2, 0.25) is 0 Å². The summed E-state index contributed by atoms with van der Waals surface area (Å²) in [5.41, 5.74) is 8.32. The highest BCUT2D eigenvalue weighted by Crippen LogP contribution is 2.30. The van der Waals surface area contributed by atoms with Crippen LogP contribution in [0.1, 0.15) is 16.7 Å². The van der Waals surface area contributed by atoms with Crippen LogP contribution in [0.5, 0.6) is 0 Å². The van der Waals surface area contributed by atoms with Gasteiger partial charge >= 0.3 is 5.97 Å². The minimum atomic E-state index is -0.816. The van der Waals surface area contributed by atoms with Crippen molar-refractivity contribution < 1.29 is 9.53 Å². The summed E-state index contributed by atoms with van der Waals surface area (Å²) in [6.45, 7) is 2.24. The molecule has 1 unspecified atom stereocenters. The van der Waals surface area contributed by atoms with Crippen LogP contribution in [0.4, 0.5) is 0 Å². The SMILES string of the molecule is COC(=O)C(CN)(Cc1ccsc1)c1ccc(C)cc1. The Morgan fingerprint density at radius 2 is 2.00 bits per heavy atom. The van der Waals surface area contributed by atoms with Crippen LogP contribution in [0, 0.1) is 6.92 Å². The summed E-state index contributed by atoms with van der Waals surface area (Å²) in [6, 6.07) is 9.94. The number of thiophene rings is 1. The highest BCUT2D eigenvalue weighted by molar-refractivity contribution is 7.07. The standard InChI is InChI=1S/C16H19NO2S/c1-12-3-5-14(6-4-12)16(11-17,15(18)19-2)9-13-7-8-20-10-13/h3-8,10H,9,11,17H2,1-2H3. The number of nitrogens with two attached hydrogens (primary N) is 1. The topological polar surface area (TPSA) is 52.3 Å². The van der Waals surface area contributed by atoms with Gasteiger partial charge in [-0.05, 0) is 41.3 Å². The monoisotopic (exact) mass is 289 g/mol. The molecule has 1 aromatic heterocycles. The number of hydrogen-bond donors (Lipinski definition) is 1. The van der Waals surface area contributed by atoms with Crippen molar-refractivity contribution in [2.24, 2.45) is 5.73 Å². The maximum absolute atomic E-state index is 12.4. The molecule has 0 aliphatic carbocycles. The molecule has 0 saturated carbocycles. The number of aryl methyl sites for hydroxylation is 1. The number of carbonyl (C=O) groups excluding carboxylic acids is 1. The van der Waals surface area contributed by atoms with E-state index < -0.39 is 5.41 Å². The molecular weight excluding hydrogens is 270 g/mol. The summed E-state index contributed by atoms with van der Waals surface area (Å²) >= 11 is 1.61. The molecule has 0 amide bonds. The number of ether oxygens (including phenoxy) is 1. The van der Waals surface area contributed by atoms with Crippen LogP contribution in [0.25, 0.3) is 0 Å². The van der Waals surface area contributed by atoms with Gasteiger partial charge in [0.25, 0.3) is 0 Å². The van der Waals surface area contributed by atoms with Crippen LogP contribution in [0.15, 0.2) is 41.1 Å². The summed E-state index contributed by atoms with van der Waals surface area (Å²) in [5.74, 6) is -0.282. The molecule has 0 aliphatic rings. The smallest absolute Gasteiger partial charge is 0.317 e. The second kappa shape index (κ2) is 6.20. The summed E-state index contributed by atoms with van der Waals surface area (Å²) in [5, 5.41) is 4.05. The second-order valence-corrected chi connectivity index (χ2v) is 5.73. The van der Waals surface area contributed by atoms with E-state index in [1.54, 1.807) is 11.3 Å². The van der Waals surface area contributed by atoms with Gasteiger partial charge in [0.15, 0.2) is 0 Å². The predicted octanol–water partition coefficient (Wildman–Crippen LogP) is 2.67. The van der Waals surface area contributed by atoms with Crippen molar-refractivity contribution >= 4 is 17.3 Å². The molecule has 1 heterocycles. The molecule has 2 aromatic rings. The normalized spacial score (nSPS) is 13.8. The summed E-state index contributed by atoms with van der Waals surface area (Å²) in [6.07, 6.45) is 0.558. The molecule has 0 radical (unpaired) electrons. The lowest BCUT2D eigenvalue weighted by molar-refractivity contribution is -0.147. The molecule has 106 valence electrons. The molecular formula is C16H19NO2S. The van der Waals surface area contributed by atoms with Crippen molar-refractivity contribution in [1.82, 2.24) is 0 Å². The van der Waals surface area contributed by atoms with Gasteiger partial charge in [0, 0.05) is 6.54 Å². The van der Waals surface area contributed by atoms with Gasteiger partial charge in [0.05, 0.1) is 7.11 Å². The van der Waals surface area contributed by atoms with Crippen molar-refractivity contribution in [3.63, 3.8) is 0 Å². The fourth-order valence-corrected chi connectivity index (χ4v) is 3.04. The fourth-order valence-electron chi connectivity index (χ4n) is 2.38. The largest absolute Gasteiger partial charge is 0.468 e. The van der Waals surface area contributed by atoms with Crippen LogP contribution in [0.2, 0.25) is 0 Å². The van der Waals surface area contributed by atoms with E-state index in [1.807, 2.05) is 48.0 Å². The first-order valence-corrected chi connectivity index (χ1v) is 7.43. The van der Waals surface area contributed by atoms with Gasteiger partial charge in [-0.2, -0.15) is 11.3 Å². The Hall–Kier alpha value is -1.65. The number of hydrogen-bond acceptors (Lipinski definition) is 4. The van der Waals surface area contributed by atoms with E-state index in [0.717, 1.165) is 16.7 Å². The first-order valence-electron chi connectivity index (χ1n) is 6.49. The Morgan fingerprint density at radius 3 is 2.50 bits per heavy atom. The Labute approximate surface area is 123 Å². The zero-order chi connectivity index (χ0) is 14.6. The minimum absolute atomic E-state index is 0.221. The predicted molar refractivity (Wildman–Crippen MR) is 82.0 cm³/mol. The minimum Gasteiger partial charge on any atom is -0.468 e. The molecule has 1 atom stereocenters. The van der Waals surface area contributed by atoms with Crippen molar-refractivity contribution in [3.8, 4) is 0 Å². The van der Waals surface area contributed by atoms with E-state index in [2.05, 4.69) is 0 Å². The summed E-state index contributed by atoms with van der Waals surface area (Å²) in [7, 11) is 1.41. The first-order chi connectivity index (χ1) is 9.62. The van der Waals surface area contributed by atoms with E-state index in [-0.39, 0.29) is 12.5 Å². The maximum atomic E-state index is 12.4. The number of methoxy groups -OCH3 is 1. The Kier molecular flexibility index (Phi) is 4.57. The fraction of sp³-hybridized carbons (Fsp3) is 0.312. The third-order valence-corrected chi connectivity index (χ3v) is 4.35. The van der Waals surface area contributed by atoms with Crippen LogP contribution < -0.4 is 5.73 Å². The lowest BCUT2D eigenvalue weighted by Gasteiger charge is -2.30. The quantitative estimate of drug-likeness (QED) is 0.861. The molecule has 0 aliphatic heterocycles. The van der Waals surface area contributed by atoms with E-state index >= 15 is 0 Å². The summed E-state index contributed by atoms with van der Waals surface area (Å²) in [4.78, 5) is 12.4. The molecule has 3 nitrogen and oxygen atoms in total. The lowest BCUT2D eigenvalue weighted by atomic mass is 9.75. The van der Waals surface area contributed by atoms with Crippen LogP contribution in [0.3, 0.4) is 0 Å². The van der Waals surface area contributed by atoms with E-state index in [1.165, 1.54) is 7.11 Å². The molecule has 0 saturated heterocycles. The van der Waals surface area contributed by atoms with E-state index in [4.69, 9.17) is 10.5 Å². The van der Waals surface area contributed by atoms with Gasteiger partial charge in [-0.1, -0.05) is 29.8 Å². The lowest BCUT2D eigenvalue weighted by Crippen LogP contribution is -2.45. The zero-order valence-corrected chi connectivity index (χ0v) is 12.6. The van der Waals surface area contributed by atoms with Gasteiger partial charge < -0.3 is 10.5 Å². The molecule has 1 aromatic carbocycles. The van der Waals surface area contributed by atoms with Gasteiger partial charge in [-0.25, -0.2) is 0 Å². The molecule has 2 N–H and O–H groups in total. The van der Waals surface area contributed by atoms with Crippen LogP contribution in [-0.2, 0) is 21.4 Å². The molecule has 20 heavy (non-hydrogen) atoms. The van der Waals surface area contributed by atoms with Crippen molar-refractivity contribution in [3.05, 3.63) is 57.8 Å². The highest BCUT2D eigenvalue weighted by Gasteiger charge is 2.40. The van der Waals surface area contributed by atoms with Gasteiger partial charge in [0.1, 0.15) is 5.41 Å². The average Bonchev–Trinajstić information content (AvgIpc) is 2.98. The number of benzene rings is 1. The van der Waals surface area contributed by atoms with E-state index in [9.17, 15) is 4.79 Å². The molecule has 0 spiro atoms. The first kappa shape index (κ1) is 14.8. The van der Waals surface area contributed by atoms with Crippen molar-refractivity contribution in [2.45, 2.75) is 18.8 Å². The second-order valence-electron chi connectivity index (χ2n) is 4.95. The van der Waals surface area contributed by atoms with Crippen molar-refractivity contribution in [1.29, 1.82) is 0 Å². The number of esters is 1. The zero-order valence-electron chi connectivity index (χ0n) is 11.8. The Morgan fingerprint density at radius 1 is 1.30 bits per heavy atom. The third kappa shape index (κ3) is 2.76. The average molecular weight is 289 g/mol. The van der Waals surface area contributed by atoms with Crippen LogP contribution in [-0.4, -0.2) is 19.6 Å². The maximum Gasteiger partial charge on any atom is 0.317 e. The summed E-state index contributed by atoms with van der Waals surface area (Å²) < 4.78 is 5.02. The van der Waals surface area contributed by atoms with Crippen molar-refractivity contribution in [2.75, 3.05) is 13.7 Å². The number of rotatable bonds is 5. The molecule has 0 bridgehead atoms. The number of carbonyl (C=O) groups is 1. The molecule has 0 fully saturated rings.